The maximum Gasteiger partial charge on any atom is 0.441 e. The molecule has 0 saturated heterocycles. The van der Waals surface area contributed by atoms with Crippen LogP contribution in [0, 0.1) is 3.57 Å². The Hall–Kier alpha value is -1.03. The predicted octanol–water partition coefficient (Wildman–Crippen LogP) is 2.13. The molecule has 92 valence electrons. The second kappa shape index (κ2) is 3.73. The number of rotatable bonds is 0. The molecule has 1 aliphatic heterocycles. The molecule has 3 N–H and O–H groups in total. The molecular formula is C9H6F3IN2O2. The number of amides is 2. The summed E-state index contributed by atoms with van der Waals surface area (Å²) in [7, 11) is 0. The van der Waals surface area contributed by atoms with Crippen molar-refractivity contribution in [1.29, 1.82) is 0 Å². The molecule has 2 rings (SSSR count). The Labute approximate surface area is 107 Å². The minimum atomic E-state index is -4.99. The Bertz CT molecular complexity index is 492. The van der Waals surface area contributed by atoms with E-state index in [1.165, 1.54) is 17.4 Å². The lowest BCUT2D eigenvalue weighted by atomic mass is 9.98. The van der Waals surface area contributed by atoms with Gasteiger partial charge in [0.05, 0.1) is 5.69 Å². The molecule has 0 radical (unpaired) electrons. The van der Waals surface area contributed by atoms with E-state index in [0.29, 0.717) is 3.57 Å². The van der Waals surface area contributed by atoms with Gasteiger partial charge in [-0.15, -0.1) is 0 Å². The number of anilines is 1. The molecule has 1 heterocycles. The summed E-state index contributed by atoms with van der Waals surface area (Å²) in [5.41, 5.74) is -3.83. The quantitative estimate of drug-likeness (QED) is 0.623. The summed E-state index contributed by atoms with van der Waals surface area (Å²) in [5, 5.41) is 13.3. The van der Waals surface area contributed by atoms with E-state index in [9.17, 15) is 23.1 Å². The van der Waals surface area contributed by atoms with Gasteiger partial charge in [-0.3, -0.25) is 5.32 Å². The van der Waals surface area contributed by atoms with Crippen molar-refractivity contribution in [2.45, 2.75) is 11.9 Å². The SMILES string of the molecule is O=C1Nc2cc(I)ccc2C(O)(C(F)(F)F)N1. The number of hydrogen-bond acceptors (Lipinski definition) is 2. The van der Waals surface area contributed by atoms with Gasteiger partial charge < -0.3 is 10.4 Å². The number of fused-ring (bicyclic) bond motifs is 1. The van der Waals surface area contributed by atoms with Crippen LogP contribution < -0.4 is 10.6 Å². The lowest BCUT2D eigenvalue weighted by Gasteiger charge is -2.36. The highest BCUT2D eigenvalue weighted by atomic mass is 127. The fourth-order valence-electron chi connectivity index (χ4n) is 1.54. The van der Waals surface area contributed by atoms with E-state index >= 15 is 0 Å². The third-order valence-electron chi connectivity index (χ3n) is 2.32. The zero-order valence-electron chi connectivity index (χ0n) is 8.10. The van der Waals surface area contributed by atoms with Crippen LogP contribution in [0.1, 0.15) is 5.56 Å². The lowest BCUT2D eigenvalue weighted by Crippen LogP contribution is -2.60. The zero-order chi connectivity index (χ0) is 12.8. The molecule has 0 aliphatic carbocycles. The molecule has 17 heavy (non-hydrogen) atoms. The minimum Gasteiger partial charge on any atom is -0.360 e. The van der Waals surface area contributed by atoms with Crippen LogP contribution in [0.5, 0.6) is 0 Å². The average molecular weight is 358 g/mol. The van der Waals surface area contributed by atoms with Crippen LogP contribution in [-0.4, -0.2) is 17.3 Å². The summed E-state index contributed by atoms with van der Waals surface area (Å²) < 4.78 is 39.0. The van der Waals surface area contributed by atoms with E-state index in [4.69, 9.17) is 0 Å². The maximum absolute atomic E-state index is 12.8. The van der Waals surface area contributed by atoms with Crippen molar-refractivity contribution >= 4 is 34.3 Å². The van der Waals surface area contributed by atoms with Gasteiger partial charge in [-0.25, -0.2) is 4.79 Å². The molecule has 0 aromatic heterocycles. The molecule has 0 fully saturated rings. The number of benzene rings is 1. The van der Waals surface area contributed by atoms with E-state index in [0.717, 1.165) is 6.07 Å². The van der Waals surface area contributed by atoms with E-state index in [1.54, 1.807) is 0 Å². The number of carbonyl (C=O) groups is 1. The fourth-order valence-corrected chi connectivity index (χ4v) is 2.04. The van der Waals surface area contributed by atoms with Crippen molar-refractivity contribution in [1.82, 2.24) is 5.32 Å². The maximum atomic E-state index is 12.8. The standard InChI is InChI=1S/C9H6F3IN2O2/c10-9(11,12)8(17)5-2-1-4(13)3-6(5)14-7(16)15-8/h1-3,17H,(H2,14,15,16). The van der Waals surface area contributed by atoms with E-state index in [-0.39, 0.29) is 5.69 Å². The van der Waals surface area contributed by atoms with Gasteiger partial charge in [0.25, 0.3) is 5.72 Å². The van der Waals surface area contributed by atoms with E-state index < -0.39 is 23.5 Å². The van der Waals surface area contributed by atoms with Crippen LogP contribution in [0.15, 0.2) is 18.2 Å². The average Bonchev–Trinajstić information content (AvgIpc) is 2.14. The number of alkyl halides is 3. The smallest absolute Gasteiger partial charge is 0.360 e. The van der Waals surface area contributed by atoms with Crippen molar-refractivity contribution in [3.8, 4) is 0 Å². The second-order valence-electron chi connectivity index (χ2n) is 3.48. The third kappa shape index (κ3) is 1.95. The summed E-state index contributed by atoms with van der Waals surface area (Å²) >= 11 is 1.89. The topological polar surface area (TPSA) is 61.4 Å². The number of halogens is 4. The first-order valence-corrected chi connectivity index (χ1v) is 5.50. The number of carbonyl (C=O) groups excluding carboxylic acids is 1. The molecule has 1 atom stereocenters. The normalized spacial score (nSPS) is 23.7. The predicted molar refractivity (Wildman–Crippen MR) is 61.3 cm³/mol. The Morgan fingerprint density at radius 2 is 2.00 bits per heavy atom. The van der Waals surface area contributed by atoms with Gasteiger partial charge >= 0.3 is 12.2 Å². The number of hydrogen-bond donors (Lipinski definition) is 3. The summed E-state index contributed by atoms with van der Waals surface area (Å²) in [4.78, 5) is 11.1. The van der Waals surface area contributed by atoms with Crippen LogP contribution in [0.3, 0.4) is 0 Å². The number of aliphatic hydroxyl groups is 1. The molecule has 0 spiro atoms. The lowest BCUT2D eigenvalue weighted by molar-refractivity contribution is -0.274. The van der Waals surface area contributed by atoms with Crippen LogP contribution in [0.25, 0.3) is 0 Å². The first kappa shape index (κ1) is 12.4. The van der Waals surface area contributed by atoms with Gasteiger partial charge in [0.1, 0.15) is 0 Å². The second-order valence-corrected chi connectivity index (χ2v) is 4.72. The Kier molecular flexibility index (Phi) is 2.73. The minimum absolute atomic E-state index is 0.0551. The van der Waals surface area contributed by atoms with Crippen molar-refractivity contribution < 1.29 is 23.1 Å². The van der Waals surface area contributed by atoms with Crippen molar-refractivity contribution in [2.75, 3.05) is 5.32 Å². The highest BCUT2D eigenvalue weighted by Crippen LogP contribution is 2.42. The highest BCUT2D eigenvalue weighted by molar-refractivity contribution is 14.1. The molecule has 2 amide bonds. The summed E-state index contributed by atoms with van der Waals surface area (Å²) in [5.74, 6) is 0. The Morgan fingerprint density at radius 3 is 2.59 bits per heavy atom. The van der Waals surface area contributed by atoms with Gasteiger partial charge in [-0.1, -0.05) is 6.07 Å². The zero-order valence-corrected chi connectivity index (χ0v) is 10.3. The molecule has 4 nitrogen and oxygen atoms in total. The number of nitrogens with one attached hydrogen (secondary N) is 2. The van der Waals surface area contributed by atoms with Crippen molar-refractivity contribution in [3.05, 3.63) is 27.3 Å². The summed E-state index contributed by atoms with van der Waals surface area (Å²) in [6, 6.07) is 2.79. The van der Waals surface area contributed by atoms with Crippen LogP contribution >= 0.6 is 22.6 Å². The largest absolute Gasteiger partial charge is 0.441 e. The Morgan fingerprint density at radius 1 is 1.35 bits per heavy atom. The molecule has 1 aromatic carbocycles. The van der Waals surface area contributed by atoms with Crippen LogP contribution in [-0.2, 0) is 5.72 Å². The van der Waals surface area contributed by atoms with Gasteiger partial charge in [0, 0.05) is 9.13 Å². The first-order chi connectivity index (χ1) is 7.74. The molecule has 1 aliphatic rings. The molecule has 0 bridgehead atoms. The fraction of sp³-hybridized carbons (Fsp3) is 0.222. The van der Waals surface area contributed by atoms with E-state index in [1.807, 2.05) is 22.6 Å². The van der Waals surface area contributed by atoms with Gasteiger partial charge in [-0.05, 0) is 34.7 Å². The van der Waals surface area contributed by atoms with Crippen molar-refractivity contribution in [2.24, 2.45) is 0 Å². The van der Waals surface area contributed by atoms with Gasteiger partial charge in [-0.2, -0.15) is 13.2 Å². The highest BCUT2D eigenvalue weighted by Gasteiger charge is 2.59. The molecule has 8 heteroatoms. The number of urea groups is 1. The first-order valence-electron chi connectivity index (χ1n) is 4.42. The molecular weight excluding hydrogens is 352 g/mol. The van der Waals surface area contributed by atoms with Crippen molar-refractivity contribution in [3.63, 3.8) is 0 Å². The molecule has 1 aromatic rings. The van der Waals surface area contributed by atoms with Gasteiger partial charge in [0.15, 0.2) is 0 Å². The third-order valence-corrected chi connectivity index (χ3v) is 3.00. The summed E-state index contributed by atoms with van der Waals surface area (Å²) in [6.07, 6.45) is -4.99. The summed E-state index contributed by atoms with van der Waals surface area (Å²) in [6.45, 7) is 0. The van der Waals surface area contributed by atoms with Crippen LogP contribution in [0.2, 0.25) is 0 Å². The monoisotopic (exact) mass is 358 g/mol. The Balaban J connectivity index is 2.63. The van der Waals surface area contributed by atoms with Gasteiger partial charge in [0.2, 0.25) is 0 Å². The van der Waals surface area contributed by atoms with E-state index in [2.05, 4.69) is 5.32 Å². The molecule has 1 unspecified atom stereocenters. The molecule has 0 saturated carbocycles. The van der Waals surface area contributed by atoms with Crippen LogP contribution in [0.4, 0.5) is 23.7 Å².